The third-order valence-electron chi connectivity index (χ3n) is 6.50. The van der Waals surface area contributed by atoms with Gasteiger partial charge in [0.15, 0.2) is 11.6 Å². The number of benzene rings is 1. The summed E-state index contributed by atoms with van der Waals surface area (Å²) in [6.07, 6.45) is 0.343. The molecule has 3 N–H and O–H groups in total. The average Bonchev–Trinajstić information content (AvgIpc) is 3.21. The van der Waals surface area contributed by atoms with Crippen molar-refractivity contribution in [1.82, 2.24) is 20.1 Å². The molecule has 11 heteroatoms. The third kappa shape index (κ3) is 5.42. The number of hydrogen-bond donors (Lipinski definition) is 3. The summed E-state index contributed by atoms with van der Waals surface area (Å²) in [7, 11) is 0. The number of piperidine rings is 1. The largest absolute Gasteiger partial charge is 0.481 e. The highest BCUT2D eigenvalue weighted by atomic mass is 35.5. The lowest BCUT2D eigenvalue weighted by Gasteiger charge is -2.43. The number of carboxylic acid groups (broad SMARTS) is 1. The Balaban J connectivity index is 1.55. The van der Waals surface area contributed by atoms with E-state index in [1.807, 2.05) is 18.7 Å². The van der Waals surface area contributed by atoms with E-state index >= 15 is 0 Å². The average molecular weight is 524 g/mol. The van der Waals surface area contributed by atoms with Gasteiger partial charge in [-0.1, -0.05) is 35.3 Å². The molecule has 3 heterocycles. The number of nitrogens with zero attached hydrogens (tertiary/aromatic N) is 3. The molecule has 7 nitrogen and oxygen atoms in total. The highest BCUT2D eigenvalue weighted by Gasteiger charge is 2.45. The monoisotopic (exact) mass is 523 g/mol. The number of aliphatic carboxylic acids is 1. The molecule has 2 aromatic heterocycles. The van der Waals surface area contributed by atoms with Gasteiger partial charge in [0.05, 0.1) is 21.2 Å². The van der Waals surface area contributed by atoms with Crippen LogP contribution in [-0.4, -0.2) is 43.7 Å². The van der Waals surface area contributed by atoms with Crippen LogP contribution < -0.4 is 5.32 Å². The molecule has 1 saturated heterocycles. The van der Waals surface area contributed by atoms with Crippen LogP contribution in [0.25, 0.3) is 0 Å². The molecule has 4 rings (SSSR count). The number of pyridine rings is 1. The van der Waals surface area contributed by atoms with Gasteiger partial charge in [0.1, 0.15) is 11.6 Å². The Labute approximate surface area is 211 Å². The van der Waals surface area contributed by atoms with E-state index in [9.17, 15) is 18.7 Å². The fourth-order valence-corrected chi connectivity index (χ4v) is 5.00. The lowest BCUT2D eigenvalue weighted by atomic mass is 9.72. The van der Waals surface area contributed by atoms with Crippen molar-refractivity contribution in [1.29, 1.82) is 0 Å². The first-order valence-electron chi connectivity index (χ1n) is 11.1. The quantitative estimate of drug-likeness (QED) is 0.365. The molecule has 2 atom stereocenters. The van der Waals surface area contributed by atoms with Crippen LogP contribution in [0.2, 0.25) is 10.0 Å². The number of hydrogen-bond acceptors (Lipinski definition) is 5. The van der Waals surface area contributed by atoms with Crippen LogP contribution in [0.5, 0.6) is 0 Å². The number of carbonyl (C=O) groups is 1. The Morgan fingerprint density at radius 2 is 2.03 bits per heavy atom. The lowest BCUT2D eigenvalue weighted by Crippen LogP contribution is -2.50. The van der Waals surface area contributed by atoms with E-state index < -0.39 is 23.0 Å². The van der Waals surface area contributed by atoms with Gasteiger partial charge in [0.2, 0.25) is 0 Å². The maximum atomic E-state index is 15.0. The number of halogens is 4. The van der Waals surface area contributed by atoms with Gasteiger partial charge in [-0.05, 0) is 39.3 Å². The minimum Gasteiger partial charge on any atom is -0.481 e. The topological polar surface area (TPSA) is 94.1 Å². The summed E-state index contributed by atoms with van der Waals surface area (Å²) in [6, 6.07) is 7.71. The molecule has 0 bridgehead atoms. The predicted octanol–water partition coefficient (Wildman–Crippen LogP) is 5.74. The van der Waals surface area contributed by atoms with Gasteiger partial charge in [-0.25, -0.2) is 13.8 Å². The summed E-state index contributed by atoms with van der Waals surface area (Å²) in [5.41, 5.74) is -0.0129. The van der Waals surface area contributed by atoms with Crippen molar-refractivity contribution in [3.63, 3.8) is 0 Å². The molecule has 0 radical (unpaired) electrons. The summed E-state index contributed by atoms with van der Waals surface area (Å²) in [6.45, 7) is 4.40. The van der Waals surface area contributed by atoms with Crippen LogP contribution >= 0.6 is 23.2 Å². The molecule has 0 amide bonds. The number of rotatable bonds is 7. The molecule has 1 fully saturated rings. The fraction of sp³-hybridized carbons (Fsp3) is 0.375. The van der Waals surface area contributed by atoms with Gasteiger partial charge in [-0.3, -0.25) is 14.8 Å². The number of aryl methyl sites for hydroxylation is 1. The molecule has 3 aromatic rings. The van der Waals surface area contributed by atoms with Gasteiger partial charge in [-0.2, -0.15) is 5.10 Å². The van der Waals surface area contributed by atoms with E-state index in [4.69, 9.17) is 23.2 Å². The van der Waals surface area contributed by atoms with Crippen molar-refractivity contribution in [3.05, 3.63) is 69.0 Å². The van der Waals surface area contributed by atoms with Crippen LogP contribution in [0.3, 0.4) is 0 Å². The van der Waals surface area contributed by atoms with E-state index in [0.29, 0.717) is 24.5 Å². The molecule has 0 unspecified atom stereocenters. The van der Waals surface area contributed by atoms with E-state index in [0.717, 1.165) is 5.69 Å². The van der Waals surface area contributed by atoms with E-state index in [-0.39, 0.29) is 46.9 Å². The van der Waals surface area contributed by atoms with E-state index in [1.54, 1.807) is 18.2 Å². The van der Waals surface area contributed by atoms with Crippen LogP contribution in [0, 0.1) is 24.0 Å². The molecule has 0 aliphatic carbocycles. The first-order valence-corrected chi connectivity index (χ1v) is 11.9. The Kier molecular flexibility index (Phi) is 7.30. The lowest BCUT2D eigenvalue weighted by molar-refractivity contribution is -0.153. The van der Waals surface area contributed by atoms with Gasteiger partial charge in [-0.15, -0.1) is 0 Å². The fourth-order valence-electron chi connectivity index (χ4n) is 4.59. The third-order valence-corrected chi connectivity index (χ3v) is 7.06. The van der Waals surface area contributed by atoms with Crippen molar-refractivity contribution in [3.8, 4) is 0 Å². The number of aromatic nitrogens is 3. The predicted molar refractivity (Wildman–Crippen MR) is 130 cm³/mol. The molecule has 1 aliphatic heterocycles. The Bertz CT molecular complexity index is 1250. The summed E-state index contributed by atoms with van der Waals surface area (Å²) >= 11 is 12.0. The van der Waals surface area contributed by atoms with Gasteiger partial charge < -0.3 is 10.4 Å². The number of aromatic amines is 1. The van der Waals surface area contributed by atoms with Gasteiger partial charge in [0.25, 0.3) is 0 Å². The van der Waals surface area contributed by atoms with Gasteiger partial charge >= 0.3 is 5.97 Å². The molecule has 35 heavy (non-hydrogen) atoms. The first kappa shape index (κ1) is 25.3. The summed E-state index contributed by atoms with van der Waals surface area (Å²) in [4.78, 5) is 18.8. The number of nitrogens with one attached hydrogen (secondary N) is 2. The second-order valence-corrected chi connectivity index (χ2v) is 9.87. The zero-order valence-electron chi connectivity index (χ0n) is 19.2. The van der Waals surface area contributed by atoms with Crippen molar-refractivity contribution < 1.29 is 18.7 Å². The normalized spacial score (nSPS) is 20.7. The first-order chi connectivity index (χ1) is 16.6. The van der Waals surface area contributed by atoms with Crippen LogP contribution in [0.4, 0.5) is 20.4 Å². The minimum absolute atomic E-state index is 0.0313. The molecular weight excluding hydrogens is 499 g/mol. The maximum absolute atomic E-state index is 15.0. The molecule has 186 valence electrons. The number of anilines is 2. The smallest absolute Gasteiger partial charge is 0.310 e. The van der Waals surface area contributed by atoms with Crippen LogP contribution in [0.1, 0.15) is 36.7 Å². The number of likely N-dealkylation sites (tertiary alicyclic amines) is 1. The van der Waals surface area contributed by atoms with Crippen LogP contribution in [0.15, 0.2) is 30.3 Å². The molecule has 1 aromatic carbocycles. The zero-order chi connectivity index (χ0) is 25.3. The molecule has 0 saturated carbocycles. The summed E-state index contributed by atoms with van der Waals surface area (Å²) < 4.78 is 29.4. The molecule has 0 spiro atoms. The number of carboxylic acids is 1. The second kappa shape index (κ2) is 10.1. The van der Waals surface area contributed by atoms with E-state index in [1.165, 1.54) is 12.1 Å². The highest BCUT2D eigenvalue weighted by Crippen LogP contribution is 2.40. The molecular formula is C24H25Cl2F2N5O2. The summed E-state index contributed by atoms with van der Waals surface area (Å²) in [5.74, 6) is -1.51. The van der Waals surface area contributed by atoms with Crippen molar-refractivity contribution in [2.45, 2.75) is 45.7 Å². The zero-order valence-corrected chi connectivity index (χ0v) is 20.7. The Morgan fingerprint density at radius 1 is 1.26 bits per heavy atom. The SMILES string of the molecule is Cc1cc(Nc2cc(Cl)c(F)c(C[C@@]3(C(=O)O)CCN(Cc4cccc(Cl)c4F)[C@H](C)C3)n2)n[nH]1. The van der Waals surface area contributed by atoms with Crippen LogP contribution in [-0.2, 0) is 17.8 Å². The Hall–Kier alpha value is -2.75. The molecule has 1 aliphatic rings. The number of H-pyrrole nitrogens is 1. The van der Waals surface area contributed by atoms with Gasteiger partial charge in [0, 0.05) is 42.4 Å². The van der Waals surface area contributed by atoms with E-state index in [2.05, 4.69) is 20.5 Å². The Morgan fingerprint density at radius 3 is 2.69 bits per heavy atom. The second-order valence-electron chi connectivity index (χ2n) is 9.06. The highest BCUT2D eigenvalue weighted by molar-refractivity contribution is 6.31. The van der Waals surface area contributed by atoms with Crippen molar-refractivity contribution in [2.24, 2.45) is 5.41 Å². The standard InChI is InChI=1S/C24H25Cl2F2N5O2/c1-13-8-20(32-31-13)30-19-9-17(26)22(28)18(29-19)11-24(23(34)35)6-7-33(14(2)10-24)12-15-4-3-5-16(25)21(15)27/h3-5,8-9,14H,6-7,10-12H2,1-2H3,(H,34,35)(H2,29,30,31,32)/t14-,24-/m1/s1. The summed E-state index contributed by atoms with van der Waals surface area (Å²) in [5, 5.41) is 19.9. The maximum Gasteiger partial charge on any atom is 0.310 e. The van der Waals surface area contributed by atoms with Crippen molar-refractivity contribution in [2.75, 3.05) is 11.9 Å². The minimum atomic E-state index is -1.25. The van der Waals surface area contributed by atoms with Crippen molar-refractivity contribution >= 4 is 40.8 Å².